The average Bonchev–Trinajstić information content (AvgIpc) is 2.24. The quantitative estimate of drug-likeness (QED) is 0.690. The molecule has 0 spiro atoms. The Kier molecular flexibility index (Phi) is 5.56. The van der Waals surface area contributed by atoms with Gasteiger partial charge < -0.3 is 10.1 Å². The Balaban J connectivity index is 2.54. The Morgan fingerprint density at radius 1 is 1.50 bits per heavy atom. The van der Waals surface area contributed by atoms with Crippen molar-refractivity contribution < 1.29 is 4.74 Å². The molecule has 0 amide bonds. The summed E-state index contributed by atoms with van der Waals surface area (Å²) in [4.78, 5) is 18.2. The second-order valence-electron chi connectivity index (χ2n) is 3.65. The predicted molar refractivity (Wildman–Crippen MR) is 63.6 cm³/mol. The van der Waals surface area contributed by atoms with Crippen molar-refractivity contribution in [1.82, 2.24) is 9.97 Å². The van der Waals surface area contributed by atoms with E-state index >= 15 is 0 Å². The molecule has 0 atom stereocenters. The molecule has 5 nitrogen and oxygen atoms in total. The third-order valence-electron chi connectivity index (χ3n) is 2.16. The zero-order valence-electron chi connectivity index (χ0n) is 9.88. The van der Waals surface area contributed by atoms with Crippen LogP contribution in [0.3, 0.4) is 0 Å². The molecule has 0 bridgehead atoms. The predicted octanol–water partition coefficient (Wildman–Crippen LogP) is 1.52. The topological polar surface area (TPSA) is 67.0 Å². The van der Waals surface area contributed by atoms with Crippen LogP contribution in [0.15, 0.2) is 10.9 Å². The number of methoxy groups -OCH3 is 1. The molecule has 0 saturated heterocycles. The van der Waals surface area contributed by atoms with Gasteiger partial charge in [-0.15, -0.1) is 0 Å². The van der Waals surface area contributed by atoms with Gasteiger partial charge in [-0.1, -0.05) is 19.8 Å². The largest absolute Gasteiger partial charge is 0.378 e. The third kappa shape index (κ3) is 4.44. The Hall–Kier alpha value is -1.36. The summed E-state index contributed by atoms with van der Waals surface area (Å²) < 4.78 is 4.94. The first kappa shape index (κ1) is 12.7. The molecule has 1 aromatic rings. The van der Waals surface area contributed by atoms with Gasteiger partial charge in [0, 0.05) is 19.7 Å². The summed E-state index contributed by atoms with van der Waals surface area (Å²) in [5.41, 5.74) is 0.490. The summed E-state index contributed by atoms with van der Waals surface area (Å²) in [7, 11) is 1.58. The number of aromatic nitrogens is 2. The molecule has 0 fully saturated rings. The van der Waals surface area contributed by atoms with Gasteiger partial charge in [0.05, 0.1) is 12.3 Å². The molecule has 0 aliphatic carbocycles. The molecule has 1 rings (SSSR count). The SMILES string of the molecule is CCCCCNc1nc(COC)cc(=O)[nH]1. The fraction of sp³-hybridized carbons (Fsp3) is 0.636. The second-order valence-corrected chi connectivity index (χ2v) is 3.65. The van der Waals surface area contributed by atoms with Gasteiger partial charge in [-0.2, -0.15) is 0 Å². The van der Waals surface area contributed by atoms with Crippen molar-refractivity contribution in [2.45, 2.75) is 32.8 Å². The number of rotatable bonds is 7. The summed E-state index contributed by atoms with van der Waals surface area (Å²) in [6.45, 7) is 3.33. The van der Waals surface area contributed by atoms with Crippen molar-refractivity contribution in [2.24, 2.45) is 0 Å². The van der Waals surface area contributed by atoms with Crippen molar-refractivity contribution >= 4 is 5.95 Å². The summed E-state index contributed by atoms with van der Waals surface area (Å²) in [5, 5.41) is 3.10. The second kappa shape index (κ2) is 7.00. The monoisotopic (exact) mass is 225 g/mol. The van der Waals surface area contributed by atoms with E-state index in [2.05, 4.69) is 22.2 Å². The lowest BCUT2D eigenvalue weighted by Gasteiger charge is -2.06. The van der Waals surface area contributed by atoms with Crippen LogP contribution in [-0.2, 0) is 11.3 Å². The highest BCUT2D eigenvalue weighted by Gasteiger charge is 2.00. The summed E-state index contributed by atoms with van der Waals surface area (Å²) in [6, 6.07) is 1.45. The maximum Gasteiger partial charge on any atom is 0.252 e. The van der Waals surface area contributed by atoms with E-state index < -0.39 is 0 Å². The van der Waals surface area contributed by atoms with Crippen molar-refractivity contribution in [3.63, 3.8) is 0 Å². The lowest BCUT2D eigenvalue weighted by molar-refractivity contribution is 0.181. The Morgan fingerprint density at radius 3 is 3.00 bits per heavy atom. The van der Waals surface area contributed by atoms with Crippen LogP contribution in [0.25, 0.3) is 0 Å². The molecule has 1 aromatic heterocycles. The van der Waals surface area contributed by atoms with E-state index in [0.29, 0.717) is 18.2 Å². The molecule has 90 valence electrons. The molecule has 2 N–H and O–H groups in total. The summed E-state index contributed by atoms with van der Waals surface area (Å²) in [5.74, 6) is 0.524. The van der Waals surface area contributed by atoms with Crippen LogP contribution in [0, 0.1) is 0 Å². The van der Waals surface area contributed by atoms with Gasteiger partial charge in [0.25, 0.3) is 5.56 Å². The zero-order valence-corrected chi connectivity index (χ0v) is 9.88. The van der Waals surface area contributed by atoms with Crippen molar-refractivity contribution in [1.29, 1.82) is 0 Å². The molecule has 16 heavy (non-hydrogen) atoms. The van der Waals surface area contributed by atoms with Crippen molar-refractivity contribution in [2.75, 3.05) is 19.0 Å². The van der Waals surface area contributed by atoms with Crippen LogP contribution in [0.2, 0.25) is 0 Å². The normalized spacial score (nSPS) is 10.4. The van der Waals surface area contributed by atoms with E-state index in [4.69, 9.17) is 4.74 Å². The van der Waals surface area contributed by atoms with Gasteiger partial charge in [-0.25, -0.2) is 4.98 Å². The molecular formula is C11H19N3O2. The molecule has 0 aliphatic heterocycles. The zero-order chi connectivity index (χ0) is 11.8. The van der Waals surface area contributed by atoms with Crippen LogP contribution in [-0.4, -0.2) is 23.6 Å². The van der Waals surface area contributed by atoms with E-state index in [9.17, 15) is 4.79 Å². The number of anilines is 1. The fourth-order valence-corrected chi connectivity index (χ4v) is 1.40. The van der Waals surface area contributed by atoms with Crippen LogP contribution in [0.1, 0.15) is 31.9 Å². The number of H-pyrrole nitrogens is 1. The Bertz CT molecular complexity index is 362. The molecule has 5 heteroatoms. The molecule has 0 aromatic carbocycles. The smallest absolute Gasteiger partial charge is 0.252 e. The maximum atomic E-state index is 11.3. The van der Waals surface area contributed by atoms with Gasteiger partial charge in [0.15, 0.2) is 0 Å². The number of nitrogens with zero attached hydrogens (tertiary/aromatic N) is 1. The standard InChI is InChI=1S/C11H19N3O2/c1-3-4-5-6-12-11-13-9(8-16-2)7-10(15)14-11/h7H,3-6,8H2,1-2H3,(H2,12,13,14,15). The molecule has 0 aliphatic rings. The third-order valence-corrected chi connectivity index (χ3v) is 2.16. The number of ether oxygens (including phenoxy) is 1. The first-order valence-electron chi connectivity index (χ1n) is 5.59. The molecular weight excluding hydrogens is 206 g/mol. The van der Waals surface area contributed by atoms with Crippen molar-refractivity contribution in [3.05, 3.63) is 22.1 Å². The first-order valence-corrected chi connectivity index (χ1v) is 5.59. The Morgan fingerprint density at radius 2 is 2.31 bits per heavy atom. The number of hydrogen-bond acceptors (Lipinski definition) is 4. The van der Waals surface area contributed by atoms with Crippen LogP contribution in [0.4, 0.5) is 5.95 Å². The lowest BCUT2D eigenvalue weighted by atomic mass is 10.2. The molecule has 0 unspecified atom stereocenters. The number of nitrogens with one attached hydrogen (secondary N) is 2. The maximum absolute atomic E-state index is 11.3. The highest BCUT2D eigenvalue weighted by Crippen LogP contribution is 2.00. The average molecular weight is 225 g/mol. The van der Waals surface area contributed by atoms with E-state index in [0.717, 1.165) is 13.0 Å². The highest BCUT2D eigenvalue weighted by molar-refractivity contribution is 5.24. The minimum atomic E-state index is -0.153. The lowest BCUT2D eigenvalue weighted by Crippen LogP contribution is -2.15. The number of hydrogen-bond donors (Lipinski definition) is 2. The number of unbranched alkanes of at least 4 members (excludes halogenated alkanes) is 2. The number of aromatic amines is 1. The molecule has 0 saturated carbocycles. The van der Waals surface area contributed by atoms with E-state index in [-0.39, 0.29) is 5.56 Å². The fourth-order valence-electron chi connectivity index (χ4n) is 1.40. The minimum absolute atomic E-state index is 0.153. The molecule has 0 radical (unpaired) electrons. The summed E-state index contributed by atoms with van der Waals surface area (Å²) in [6.07, 6.45) is 3.43. The van der Waals surface area contributed by atoms with Gasteiger partial charge in [-0.3, -0.25) is 9.78 Å². The first-order chi connectivity index (χ1) is 7.76. The van der Waals surface area contributed by atoms with Gasteiger partial charge >= 0.3 is 0 Å². The van der Waals surface area contributed by atoms with Gasteiger partial charge in [0.2, 0.25) is 5.95 Å². The summed E-state index contributed by atoms with van der Waals surface area (Å²) >= 11 is 0. The van der Waals surface area contributed by atoms with Gasteiger partial charge in [-0.05, 0) is 6.42 Å². The van der Waals surface area contributed by atoms with Gasteiger partial charge in [0.1, 0.15) is 0 Å². The van der Waals surface area contributed by atoms with E-state index in [1.807, 2.05) is 0 Å². The van der Waals surface area contributed by atoms with Crippen LogP contribution >= 0.6 is 0 Å². The van der Waals surface area contributed by atoms with Crippen LogP contribution in [0.5, 0.6) is 0 Å². The molecule has 1 heterocycles. The Labute approximate surface area is 95.3 Å². The van der Waals surface area contributed by atoms with E-state index in [1.54, 1.807) is 7.11 Å². The van der Waals surface area contributed by atoms with Crippen molar-refractivity contribution in [3.8, 4) is 0 Å². The van der Waals surface area contributed by atoms with Crippen LogP contribution < -0.4 is 10.9 Å². The highest BCUT2D eigenvalue weighted by atomic mass is 16.5. The van der Waals surface area contributed by atoms with E-state index in [1.165, 1.54) is 18.9 Å². The minimum Gasteiger partial charge on any atom is -0.378 e.